The van der Waals surface area contributed by atoms with Crippen LogP contribution in [0.3, 0.4) is 0 Å². The van der Waals surface area contributed by atoms with Crippen LogP contribution in [0.2, 0.25) is 0 Å². The summed E-state index contributed by atoms with van der Waals surface area (Å²) in [5.41, 5.74) is 0. The van der Waals surface area contributed by atoms with Crippen molar-refractivity contribution in [2.24, 2.45) is 5.14 Å². The number of hydrogen-bond acceptors (Lipinski definition) is 2. The van der Waals surface area contributed by atoms with Gasteiger partial charge in [-0.1, -0.05) is 0 Å². The van der Waals surface area contributed by atoms with Gasteiger partial charge in [0.1, 0.15) is 11.0 Å². The van der Waals surface area contributed by atoms with E-state index in [9.17, 15) is 13.0 Å². The summed E-state index contributed by atoms with van der Waals surface area (Å²) in [6, 6.07) is 0. The maximum absolute atomic E-state index is 11.8. The van der Waals surface area contributed by atoms with E-state index in [-0.39, 0.29) is 4.90 Å². The van der Waals surface area contributed by atoms with Gasteiger partial charge in [0.15, 0.2) is 0 Å². The van der Waals surface area contributed by atoms with E-state index in [0.29, 0.717) is 4.68 Å². The third kappa shape index (κ3) is 1.81. The first-order valence-corrected chi connectivity index (χ1v) is 3.81. The number of hydrogen-bond donors (Lipinski definition) is 1. The highest BCUT2D eigenvalue weighted by molar-refractivity contribution is 7.82. The van der Waals surface area contributed by atoms with Gasteiger partial charge in [-0.05, 0) is 0 Å². The lowest BCUT2D eigenvalue weighted by Gasteiger charge is -1.94. The maximum Gasteiger partial charge on any atom is 0.333 e. The normalized spacial score (nSPS) is 13.8. The third-order valence-electron chi connectivity index (χ3n) is 1.01. The molecular weight excluding hydrogens is 176 g/mol. The molecule has 7 heteroatoms. The van der Waals surface area contributed by atoms with Gasteiger partial charge in [-0.2, -0.15) is 13.9 Å². The zero-order valence-corrected chi connectivity index (χ0v) is 6.09. The SMILES string of the molecule is NS(=O)c1cnn(C(F)F)c1. The fourth-order valence-electron chi connectivity index (χ4n) is 0.531. The molecule has 0 aromatic carbocycles. The van der Waals surface area contributed by atoms with Crippen molar-refractivity contribution < 1.29 is 13.0 Å². The molecule has 0 radical (unpaired) electrons. The lowest BCUT2D eigenvalue weighted by Crippen LogP contribution is -2.01. The minimum absolute atomic E-state index is 0.0882. The Bertz CT molecular complexity index is 274. The van der Waals surface area contributed by atoms with E-state index in [1.54, 1.807) is 0 Å². The summed E-state index contributed by atoms with van der Waals surface area (Å²) in [6.07, 6.45) is 1.99. The van der Waals surface area contributed by atoms with E-state index in [2.05, 4.69) is 5.10 Å². The van der Waals surface area contributed by atoms with Crippen molar-refractivity contribution >= 4 is 11.0 Å². The predicted molar refractivity (Wildman–Crippen MR) is 34.1 cm³/mol. The number of aromatic nitrogens is 2. The summed E-state index contributed by atoms with van der Waals surface area (Å²) in [5, 5.41) is 8.13. The first-order valence-electron chi connectivity index (χ1n) is 2.59. The number of halogens is 2. The number of nitrogens with two attached hydrogens (primary N) is 1. The Kier molecular flexibility index (Phi) is 2.30. The van der Waals surface area contributed by atoms with Crippen LogP contribution >= 0.6 is 0 Å². The number of alkyl halides is 2. The van der Waals surface area contributed by atoms with Crippen molar-refractivity contribution in [3.05, 3.63) is 12.4 Å². The van der Waals surface area contributed by atoms with E-state index in [1.165, 1.54) is 0 Å². The molecule has 0 aliphatic rings. The second-order valence-electron chi connectivity index (χ2n) is 1.73. The van der Waals surface area contributed by atoms with Crippen LogP contribution in [-0.2, 0) is 11.0 Å². The highest BCUT2D eigenvalue weighted by Gasteiger charge is 2.08. The summed E-state index contributed by atoms with van der Waals surface area (Å²) in [4.78, 5) is 0.0882. The van der Waals surface area contributed by atoms with Crippen LogP contribution < -0.4 is 5.14 Å². The Balaban J connectivity index is 2.90. The summed E-state index contributed by atoms with van der Waals surface area (Å²) in [7, 11) is -1.74. The highest BCUT2D eigenvalue weighted by Crippen LogP contribution is 2.10. The third-order valence-corrected chi connectivity index (χ3v) is 1.69. The fraction of sp³-hybridized carbons (Fsp3) is 0.250. The molecule has 1 unspecified atom stereocenters. The summed E-state index contributed by atoms with van der Waals surface area (Å²) in [5.74, 6) is 0. The van der Waals surface area contributed by atoms with E-state index in [4.69, 9.17) is 5.14 Å². The summed E-state index contributed by atoms with van der Waals surface area (Å²) >= 11 is 0. The van der Waals surface area contributed by atoms with Gasteiger partial charge in [-0.25, -0.2) is 14.0 Å². The molecule has 0 fully saturated rings. The molecule has 0 bridgehead atoms. The Morgan fingerprint density at radius 1 is 1.73 bits per heavy atom. The minimum Gasteiger partial charge on any atom is -0.247 e. The van der Waals surface area contributed by atoms with Crippen LogP contribution in [0.25, 0.3) is 0 Å². The first kappa shape index (κ1) is 8.28. The molecule has 0 spiro atoms. The Labute approximate surface area is 63.6 Å². The van der Waals surface area contributed by atoms with Gasteiger partial charge in [-0.15, -0.1) is 0 Å². The molecule has 62 valence electrons. The second kappa shape index (κ2) is 3.05. The van der Waals surface area contributed by atoms with Gasteiger partial charge >= 0.3 is 6.55 Å². The van der Waals surface area contributed by atoms with Gasteiger partial charge in [0.2, 0.25) is 0 Å². The first-order chi connectivity index (χ1) is 5.11. The summed E-state index contributed by atoms with van der Waals surface area (Å²) < 4.78 is 34.5. The average Bonchev–Trinajstić information content (AvgIpc) is 2.33. The fourth-order valence-corrected chi connectivity index (χ4v) is 0.894. The molecule has 11 heavy (non-hydrogen) atoms. The minimum atomic E-state index is -2.72. The number of nitrogens with zero attached hydrogens (tertiary/aromatic N) is 2. The molecule has 2 N–H and O–H groups in total. The van der Waals surface area contributed by atoms with Crippen LogP contribution in [0.1, 0.15) is 6.55 Å². The highest BCUT2D eigenvalue weighted by atomic mass is 32.2. The van der Waals surface area contributed by atoms with Crippen molar-refractivity contribution in [3.63, 3.8) is 0 Å². The summed E-state index contributed by atoms with van der Waals surface area (Å²) in [6.45, 7) is -2.72. The Hall–Kier alpha value is -0.820. The Morgan fingerprint density at radius 2 is 2.36 bits per heavy atom. The molecule has 0 aliphatic heterocycles. The molecule has 1 aromatic rings. The van der Waals surface area contributed by atoms with Crippen molar-refractivity contribution in [1.82, 2.24) is 9.78 Å². The van der Waals surface area contributed by atoms with Gasteiger partial charge in [-0.3, -0.25) is 0 Å². The molecule has 1 atom stereocenters. The van der Waals surface area contributed by atoms with Crippen LogP contribution in [-0.4, -0.2) is 14.0 Å². The lowest BCUT2D eigenvalue weighted by atomic mass is 10.7. The van der Waals surface area contributed by atoms with E-state index in [1.807, 2.05) is 0 Å². The zero-order chi connectivity index (χ0) is 8.43. The van der Waals surface area contributed by atoms with Crippen molar-refractivity contribution in [3.8, 4) is 0 Å². The molecular formula is C4H5F2N3OS. The van der Waals surface area contributed by atoms with Crippen LogP contribution in [0, 0.1) is 0 Å². The van der Waals surface area contributed by atoms with Crippen molar-refractivity contribution in [1.29, 1.82) is 0 Å². The predicted octanol–water partition coefficient (Wildman–Crippen LogP) is 0.259. The second-order valence-corrected chi connectivity index (χ2v) is 2.80. The quantitative estimate of drug-likeness (QED) is 0.711. The average molecular weight is 181 g/mol. The molecule has 4 nitrogen and oxygen atoms in total. The number of rotatable bonds is 2. The molecule has 1 aromatic heterocycles. The molecule has 0 saturated carbocycles. The standard InChI is InChI=1S/C4H5F2N3OS/c5-4(6)9-2-3(1-8-9)11(7)10/h1-2,4H,7H2. The Morgan fingerprint density at radius 3 is 2.64 bits per heavy atom. The van der Waals surface area contributed by atoms with Gasteiger partial charge < -0.3 is 0 Å². The zero-order valence-electron chi connectivity index (χ0n) is 5.28. The van der Waals surface area contributed by atoms with Gasteiger partial charge in [0, 0.05) is 6.20 Å². The van der Waals surface area contributed by atoms with Crippen LogP contribution in [0.4, 0.5) is 8.78 Å². The van der Waals surface area contributed by atoms with Crippen molar-refractivity contribution in [2.45, 2.75) is 11.4 Å². The van der Waals surface area contributed by atoms with Gasteiger partial charge in [0.25, 0.3) is 0 Å². The monoisotopic (exact) mass is 181 g/mol. The van der Waals surface area contributed by atoms with Crippen molar-refractivity contribution in [2.75, 3.05) is 0 Å². The van der Waals surface area contributed by atoms with Crippen LogP contribution in [0.15, 0.2) is 17.3 Å². The smallest absolute Gasteiger partial charge is 0.247 e. The van der Waals surface area contributed by atoms with E-state index >= 15 is 0 Å². The van der Waals surface area contributed by atoms with E-state index < -0.39 is 17.5 Å². The lowest BCUT2D eigenvalue weighted by molar-refractivity contribution is 0.0564. The molecule has 1 rings (SSSR count). The van der Waals surface area contributed by atoms with Crippen LogP contribution in [0.5, 0.6) is 0 Å². The molecule has 0 aliphatic carbocycles. The topological polar surface area (TPSA) is 60.9 Å². The van der Waals surface area contributed by atoms with E-state index in [0.717, 1.165) is 12.4 Å². The van der Waals surface area contributed by atoms with Gasteiger partial charge in [0.05, 0.1) is 11.1 Å². The molecule has 0 amide bonds. The maximum atomic E-state index is 11.8. The molecule has 0 saturated heterocycles. The largest absolute Gasteiger partial charge is 0.333 e. The molecule has 1 heterocycles.